The monoisotopic (exact) mass is 335 g/mol. The molecule has 1 amide bonds. The molecule has 2 aromatic rings. The molecule has 0 bridgehead atoms. The van der Waals surface area contributed by atoms with Crippen molar-refractivity contribution in [1.82, 2.24) is 9.88 Å². The summed E-state index contributed by atoms with van der Waals surface area (Å²) in [4.78, 5) is 18.8. The number of amides is 1. The molecule has 0 unspecified atom stereocenters. The first-order valence-corrected chi connectivity index (χ1v) is 8.93. The maximum absolute atomic E-state index is 12.1. The van der Waals surface area contributed by atoms with E-state index in [9.17, 15) is 4.79 Å². The molecule has 1 saturated carbocycles. The summed E-state index contributed by atoms with van der Waals surface area (Å²) in [6.45, 7) is 7.12. The Morgan fingerprint density at radius 2 is 2.00 bits per heavy atom. The highest BCUT2D eigenvalue weighted by atomic mass is 16.1. The summed E-state index contributed by atoms with van der Waals surface area (Å²) in [6, 6.07) is 14.5. The molecule has 0 radical (unpaired) electrons. The molecule has 1 aliphatic heterocycles. The van der Waals surface area contributed by atoms with Gasteiger partial charge in [-0.15, -0.1) is 0 Å². The van der Waals surface area contributed by atoms with Gasteiger partial charge in [-0.1, -0.05) is 44.2 Å². The normalized spacial score (nSPS) is 27.5. The van der Waals surface area contributed by atoms with Crippen molar-refractivity contribution >= 4 is 5.91 Å². The van der Waals surface area contributed by atoms with Crippen LogP contribution in [0.1, 0.15) is 25.8 Å². The van der Waals surface area contributed by atoms with Gasteiger partial charge in [0.2, 0.25) is 5.91 Å². The lowest BCUT2D eigenvalue weighted by molar-refractivity contribution is -0.148. The molecule has 4 nitrogen and oxygen atoms in total. The molecule has 2 N–H and O–H groups in total. The summed E-state index contributed by atoms with van der Waals surface area (Å²) < 4.78 is 0. The number of rotatable bonds is 4. The number of aromatic nitrogens is 1. The number of primary amides is 1. The summed E-state index contributed by atoms with van der Waals surface area (Å²) in [7, 11) is 0. The number of likely N-dealkylation sites (tertiary alicyclic amines) is 1. The zero-order valence-electron chi connectivity index (χ0n) is 14.9. The van der Waals surface area contributed by atoms with E-state index in [0.29, 0.717) is 5.92 Å². The summed E-state index contributed by atoms with van der Waals surface area (Å²) in [5, 5.41) is 0. The maximum atomic E-state index is 12.1. The average molecular weight is 335 g/mol. The third kappa shape index (κ3) is 2.65. The number of hydrogen-bond acceptors (Lipinski definition) is 3. The highest BCUT2D eigenvalue weighted by Crippen LogP contribution is 2.62. The lowest BCUT2D eigenvalue weighted by Crippen LogP contribution is -2.59. The number of fused-ring (bicyclic) bond motifs is 1. The molecule has 130 valence electrons. The van der Waals surface area contributed by atoms with Crippen LogP contribution < -0.4 is 5.73 Å². The van der Waals surface area contributed by atoms with Crippen LogP contribution in [0, 0.1) is 16.7 Å². The van der Waals surface area contributed by atoms with Crippen molar-refractivity contribution in [2.75, 3.05) is 13.1 Å². The molecule has 0 spiro atoms. The van der Waals surface area contributed by atoms with E-state index in [1.54, 1.807) is 0 Å². The lowest BCUT2D eigenvalue weighted by atomic mass is 9.48. The van der Waals surface area contributed by atoms with Gasteiger partial charge in [0.1, 0.15) is 0 Å². The van der Waals surface area contributed by atoms with Gasteiger partial charge in [0, 0.05) is 31.4 Å². The van der Waals surface area contributed by atoms with E-state index >= 15 is 0 Å². The molecular weight excluding hydrogens is 310 g/mol. The molecule has 4 heteroatoms. The van der Waals surface area contributed by atoms with Crippen LogP contribution >= 0.6 is 0 Å². The molecule has 2 aliphatic rings. The molecule has 1 saturated heterocycles. The van der Waals surface area contributed by atoms with Crippen LogP contribution in [0.2, 0.25) is 0 Å². The van der Waals surface area contributed by atoms with Crippen LogP contribution in [-0.2, 0) is 11.3 Å². The smallest absolute Gasteiger partial charge is 0.225 e. The number of benzene rings is 1. The van der Waals surface area contributed by atoms with Crippen LogP contribution in [0.25, 0.3) is 11.3 Å². The van der Waals surface area contributed by atoms with Gasteiger partial charge >= 0.3 is 0 Å². The average Bonchev–Trinajstić information content (AvgIpc) is 2.92. The van der Waals surface area contributed by atoms with Crippen molar-refractivity contribution in [3.63, 3.8) is 0 Å². The molecule has 1 aromatic heterocycles. The molecule has 1 aromatic carbocycles. The maximum Gasteiger partial charge on any atom is 0.225 e. The van der Waals surface area contributed by atoms with E-state index in [-0.39, 0.29) is 16.7 Å². The third-order valence-electron chi connectivity index (χ3n) is 6.14. The Morgan fingerprint density at radius 1 is 1.24 bits per heavy atom. The highest BCUT2D eigenvalue weighted by Gasteiger charge is 2.65. The quantitative estimate of drug-likeness (QED) is 0.934. The van der Waals surface area contributed by atoms with Crippen LogP contribution in [0.3, 0.4) is 0 Å². The Morgan fingerprint density at radius 3 is 2.56 bits per heavy atom. The number of carbonyl (C=O) groups is 1. The van der Waals surface area contributed by atoms with Crippen LogP contribution in [0.4, 0.5) is 0 Å². The van der Waals surface area contributed by atoms with E-state index in [2.05, 4.69) is 48.0 Å². The summed E-state index contributed by atoms with van der Waals surface area (Å²) in [5.41, 5.74) is 9.05. The van der Waals surface area contributed by atoms with E-state index in [4.69, 9.17) is 5.73 Å². The van der Waals surface area contributed by atoms with E-state index in [1.807, 2.05) is 24.4 Å². The largest absolute Gasteiger partial charge is 0.369 e. The third-order valence-corrected chi connectivity index (χ3v) is 6.14. The van der Waals surface area contributed by atoms with Crippen molar-refractivity contribution in [3.05, 3.63) is 54.2 Å². The fraction of sp³-hybridized carbons (Fsp3) is 0.429. The number of nitrogens with two attached hydrogens (primary N) is 1. The second-order valence-electron chi connectivity index (χ2n) is 8.32. The highest BCUT2D eigenvalue weighted by molar-refractivity contribution is 5.83. The van der Waals surface area contributed by atoms with E-state index < -0.39 is 0 Å². The minimum absolute atomic E-state index is 0.121. The van der Waals surface area contributed by atoms with Gasteiger partial charge in [-0.25, -0.2) is 0 Å². The molecule has 4 rings (SSSR count). The molecule has 2 fully saturated rings. The SMILES string of the molecule is CC1(C)C[C@]2(C(N)=O)CN(Cc3ccc(-c4ccccn4)cc3)C[C@H]12. The van der Waals surface area contributed by atoms with Crippen molar-refractivity contribution in [2.45, 2.75) is 26.8 Å². The van der Waals surface area contributed by atoms with E-state index in [0.717, 1.165) is 37.3 Å². The van der Waals surface area contributed by atoms with Crippen LogP contribution in [0.15, 0.2) is 48.7 Å². The first-order valence-electron chi connectivity index (χ1n) is 8.93. The molecular formula is C21H25N3O. The predicted molar refractivity (Wildman–Crippen MR) is 98.5 cm³/mol. The standard InChI is InChI=1S/C21H25N3O/c1-20(2)13-21(19(22)25)14-24(12-18(20)21)11-15-6-8-16(9-7-15)17-5-3-4-10-23-17/h3-10,18H,11-14H2,1-2H3,(H2,22,25)/t18-,21+/m1/s1. The summed E-state index contributed by atoms with van der Waals surface area (Å²) >= 11 is 0. The molecule has 2 heterocycles. The fourth-order valence-corrected chi connectivity index (χ4v) is 5.02. The Balaban J connectivity index is 1.48. The minimum atomic E-state index is -0.308. The molecule has 25 heavy (non-hydrogen) atoms. The van der Waals surface area contributed by atoms with Gasteiger partial charge in [-0.2, -0.15) is 0 Å². The Bertz CT molecular complexity index is 785. The lowest BCUT2D eigenvalue weighted by Gasteiger charge is -2.54. The van der Waals surface area contributed by atoms with Gasteiger partial charge in [0.25, 0.3) is 0 Å². The zero-order valence-corrected chi connectivity index (χ0v) is 14.9. The second kappa shape index (κ2) is 5.67. The molecule has 2 atom stereocenters. The van der Waals surface area contributed by atoms with E-state index in [1.165, 1.54) is 5.56 Å². The topological polar surface area (TPSA) is 59.2 Å². The Hall–Kier alpha value is -2.20. The number of pyridine rings is 1. The summed E-state index contributed by atoms with van der Waals surface area (Å²) in [6.07, 6.45) is 2.73. The summed E-state index contributed by atoms with van der Waals surface area (Å²) in [5.74, 6) is 0.259. The Labute approximate surface area is 149 Å². The molecule has 1 aliphatic carbocycles. The Kier molecular flexibility index (Phi) is 3.69. The van der Waals surface area contributed by atoms with Crippen molar-refractivity contribution in [3.8, 4) is 11.3 Å². The van der Waals surface area contributed by atoms with Gasteiger partial charge in [-0.3, -0.25) is 14.7 Å². The fourth-order valence-electron chi connectivity index (χ4n) is 5.02. The van der Waals surface area contributed by atoms with Gasteiger partial charge in [-0.05, 0) is 35.4 Å². The number of nitrogens with zero attached hydrogens (tertiary/aromatic N) is 2. The first-order chi connectivity index (χ1) is 11.9. The second-order valence-corrected chi connectivity index (χ2v) is 8.32. The number of hydrogen-bond donors (Lipinski definition) is 1. The van der Waals surface area contributed by atoms with Crippen molar-refractivity contribution < 1.29 is 4.79 Å². The first kappa shape index (κ1) is 16.3. The zero-order chi connectivity index (χ0) is 17.7. The predicted octanol–water partition coefficient (Wildman–Crippen LogP) is 3.08. The van der Waals surface area contributed by atoms with Crippen molar-refractivity contribution in [1.29, 1.82) is 0 Å². The van der Waals surface area contributed by atoms with Crippen LogP contribution in [0.5, 0.6) is 0 Å². The van der Waals surface area contributed by atoms with Gasteiger partial charge in [0.15, 0.2) is 0 Å². The van der Waals surface area contributed by atoms with Crippen molar-refractivity contribution in [2.24, 2.45) is 22.5 Å². The van der Waals surface area contributed by atoms with Crippen LogP contribution in [-0.4, -0.2) is 28.9 Å². The van der Waals surface area contributed by atoms with Gasteiger partial charge in [0.05, 0.1) is 11.1 Å². The minimum Gasteiger partial charge on any atom is -0.369 e. The number of carbonyl (C=O) groups excluding carboxylic acids is 1. The van der Waals surface area contributed by atoms with Gasteiger partial charge < -0.3 is 5.73 Å².